The molecule has 28 heavy (non-hydrogen) atoms. The minimum atomic E-state index is -0.635. The van der Waals surface area contributed by atoms with Crippen LogP contribution in [0.15, 0.2) is 42.5 Å². The van der Waals surface area contributed by atoms with Gasteiger partial charge in [-0.05, 0) is 31.0 Å². The summed E-state index contributed by atoms with van der Waals surface area (Å²) >= 11 is 6.29. The van der Waals surface area contributed by atoms with Crippen LogP contribution >= 0.6 is 11.6 Å². The van der Waals surface area contributed by atoms with Crippen molar-refractivity contribution in [2.75, 3.05) is 13.7 Å². The van der Waals surface area contributed by atoms with Crippen LogP contribution in [0.3, 0.4) is 0 Å². The molecule has 2 N–H and O–H groups in total. The third-order valence-corrected chi connectivity index (χ3v) is 4.70. The van der Waals surface area contributed by atoms with Gasteiger partial charge in [0.1, 0.15) is 0 Å². The largest absolute Gasteiger partial charge is 0.493 e. The molecule has 0 aliphatic rings. The van der Waals surface area contributed by atoms with Gasteiger partial charge in [-0.3, -0.25) is 9.59 Å². The molecule has 0 radical (unpaired) electrons. The van der Waals surface area contributed by atoms with E-state index in [2.05, 4.69) is 0 Å². The maximum Gasteiger partial charge on any atom is 0.255 e. The van der Waals surface area contributed by atoms with Crippen molar-refractivity contribution in [3.05, 3.63) is 58.6 Å². The first kappa shape index (κ1) is 21.6. The Morgan fingerprint density at radius 3 is 2.46 bits per heavy atom. The van der Waals surface area contributed by atoms with Crippen LogP contribution in [-0.4, -0.2) is 36.5 Å². The minimum Gasteiger partial charge on any atom is -0.493 e. The van der Waals surface area contributed by atoms with E-state index in [1.807, 2.05) is 44.2 Å². The van der Waals surface area contributed by atoms with Gasteiger partial charge in [-0.2, -0.15) is 0 Å². The number of nitrogens with zero attached hydrogens (tertiary/aromatic N) is 1. The zero-order chi connectivity index (χ0) is 20.7. The predicted molar refractivity (Wildman–Crippen MR) is 109 cm³/mol. The first-order valence-electron chi connectivity index (χ1n) is 9.00. The highest BCUT2D eigenvalue weighted by atomic mass is 35.5. The Balaban J connectivity index is 2.35. The number of benzene rings is 2. The van der Waals surface area contributed by atoms with Crippen LogP contribution in [0.25, 0.3) is 0 Å². The summed E-state index contributed by atoms with van der Waals surface area (Å²) in [7, 11) is 1.44. The lowest BCUT2D eigenvalue weighted by Gasteiger charge is -2.29. The summed E-state index contributed by atoms with van der Waals surface area (Å²) < 4.78 is 10.6. The van der Waals surface area contributed by atoms with E-state index in [-0.39, 0.29) is 35.1 Å². The third kappa shape index (κ3) is 5.39. The number of amides is 2. The molecule has 0 heterocycles. The summed E-state index contributed by atoms with van der Waals surface area (Å²) in [6, 6.07) is 12.9. The van der Waals surface area contributed by atoms with E-state index < -0.39 is 5.91 Å². The van der Waals surface area contributed by atoms with Crippen molar-refractivity contribution in [1.82, 2.24) is 4.90 Å². The standard InChI is InChI=1S/C21H25ClN2O4/c1-4-14(2)24(12-15-8-6-5-7-9-15)21(26)16-10-17(22)20(18(11-16)27-3)28-13-19(23)25/h5-11,14H,4,12-13H2,1-3H3,(H2,23,25). The van der Waals surface area contributed by atoms with Crippen LogP contribution in [0, 0.1) is 0 Å². The second-order valence-electron chi connectivity index (χ2n) is 6.42. The zero-order valence-corrected chi connectivity index (χ0v) is 17.0. The number of nitrogens with two attached hydrogens (primary N) is 1. The summed E-state index contributed by atoms with van der Waals surface area (Å²) in [5.41, 5.74) is 6.53. The van der Waals surface area contributed by atoms with Crippen LogP contribution in [0.5, 0.6) is 11.5 Å². The Morgan fingerprint density at radius 2 is 1.89 bits per heavy atom. The second-order valence-corrected chi connectivity index (χ2v) is 6.83. The van der Waals surface area contributed by atoms with Crippen LogP contribution in [-0.2, 0) is 11.3 Å². The van der Waals surface area contributed by atoms with Gasteiger partial charge in [0, 0.05) is 18.2 Å². The number of halogens is 1. The number of carbonyl (C=O) groups excluding carboxylic acids is 2. The molecule has 150 valence electrons. The monoisotopic (exact) mass is 404 g/mol. The highest BCUT2D eigenvalue weighted by Crippen LogP contribution is 2.37. The first-order valence-corrected chi connectivity index (χ1v) is 9.38. The average molecular weight is 405 g/mol. The maximum absolute atomic E-state index is 13.2. The molecule has 2 aromatic rings. The molecule has 0 fully saturated rings. The fourth-order valence-electron chi connectivity index (χ4n) is 2.72. The fraction of sp³-hybridized carbons (Fsp3) is 0.333. The zero-order valence-electron chi connectivity index (χ0n) is 16.3. The quantitative estimate of drug-likeness (QED) is 0.691. The Hall–Kier alpha value is -2.73. The van der Waals surface area contributed by atoms with E-state index in [9.17, 15) is 9.59 Å². The lowest BCUT2D eigenvalue weighted by atomic mass is 10.1. The molecule has 0 saturated carbocycles. The number of primary amides is 1. The van der Waals surface area contributed by atoms with Crippen molar-refractivity contribution in [1.29, 1.82) is 0 Å². The van der Waals surface area contributed by atoms with E-state index >= 15 is 0 Å². The molecule has 0 aromatic heterocycles. The molecule has 1 atom stereocenters. The van der Waals surface area contributed by atoms with Gasteiger partial charge in [-0.25, -0.2) is 0 Å². The van der Waals surface area contributed by atoms with E-state index in [4.69, 9.17) is 26.8 Å². The molecule has 0 aliphatic heterocycles. The molecular formula is C21H25ClN2O4. The number of rotatable bonds is 9. The van der Waals surface area contributed by atoms with Gasteiger partial charge in [0.25, 0.3) is 11.8 Å². The van der Waals surface area contributed by atoms with E-state index in [0.29, 0.717) is 12.1 Å². The van der Waals surface area contributed by atoms with Crippen LogP contribution < -0.4 is 15.2 Å². The predicted octanol–water partition coefficient (Wildman–Crippen LogP) is 3.65. The van der Waals surface area contributed by atoms with Crippen LogP contribution in [0.4, 0.5) is 0 Å². The Bertz CT molecular complexity index is 827. The topological polar surface area (TPSA) is 81.9 Å². The smallest absolute Gasteiger partial charge is 0.255 e. The fourth-order valence-corrected chi connectivity index (χ4v) is 2.99. The molecule has 7 heteroatoms. The van der Waals surface area contributed by atoms with Gasteiger partial charge < -0.3 is 20.1 Å². The molecule has 0 aliphatic carbocycles. The van der Waals surface area contributed by atoms with Crippen molar-refractivity contribution in [2.45, 2.75) is 32.9 Å². The molecule has 2 rings (SSSR count). The van der Waals surface area contributed by atoms with E-state index in [0.717, 1.165) is 12.0 Å². The van der Waals surface area contributed by atoms with Gasteiger partial charge in [0.05, 0.1) is 12.1 Å². The number of methoxy groups -OCH3 is 1. The van der Waals surface area contributed by atoms with Crippen molar-refractivity contribution in [3.63, 3.8) is 0 Å². The third-order valence-electron chi connectivity index (χ3n) is 4.41. The number of hydrogen-bond donors (Lipinski definition) is 1. The lowest BCUT2D eigenvalue weighted by molar-refractivity contribution is -0.119. The summed E-state index contributed by atoms with van der Waals surface area (Å²) in [4.78, 5) is 26.0. The highest BCUT2D eigenvalue weighted by molar-refractivity contribution is 6.32. The van der Waals surface area contributed by atoms with E-state index in [1.54, 1.807) is 11.0 Å². The van der Waals surface area contributed by atoms with Gasteiger partial charge in [-0.15, -0.1) is 0 Å². The van der Waals surface area contributed by atoms with Gasteiger partial charge in [0.2, 0.25) is 0 Å². The van der Waals surface area contributed by atoms with Crippen LogP contribution in [0.1, 0.15) is 36.2 Å². The molecular weight excluding hydrogens is 380 g/mol. The van der Waals surface area contributed by atoms with Gasteiger partial charge in [0.15, 0.2) is 18.1 Å². The number of hydrogen-bond acceptors (Lipinski definition) is 4. The summed E-state index contributed by atoms with van der Waals surface area (Å²) in [5, 5.41) is 0.174. The molecule has 1 unspecified atom stereocenters. The van der Waals surface area contributed by atoms with Crippen molar-refractivity contribution in [2.24, 2.45) is 5.73 Å². The van der Waals surface area contributed by atoms with E-state index in [1.165, 1.54) is 13.2 Å². The normalized spacial score (nSPS) is 11.6. The SMILES string of the molecule is CCC(C)N(Cc1ccccc1)C(=O)c1cc(Cl)c(OCC(N)=O)c(OC)c1. The Labute approximate surface area is 170 Å². The second kappa shape index (κ2) is 9.99. The lowest BCUT2D eigenvalue weighted by Crippen LogP contribution is -2.37. The minimum absolute atomic E-state index is 0.0308. The molecule has 2 aromatic carbocycles. The van der Waals surface area contributed by atoms with Crippen molar-refractivity contribution in [3.8, 4) is 11.5 Å². The number of carbonyl (C=O) groups is 2. The Morgan fingerprint density at radius 1 is 1.21 bits per heavy atom. The van der Waals surface area contributed by atoms with Crippen molar-refractivity contribution < 1.29 is 19.1 Å². The van der Waals surface area contributed by atoms with Gasteiger partial charge >= 0.3 is 0 Å². The molecule has 6 nitrogen and oxygen atoms in total. The molecule has 0 spiro atoms. The maximum atomic E-state index is 13.2. The average Bonchev–Trinajstić information content (AvgIpc) is 2.70. The number of ether oxygens (including phenoxy) is 2. The summed E-state index contributed by atoms with van der Waals surface area (Å²) in [6.07, 6.45) is 0.809. The highest BCUT2D eigenvalue weighted by Gasteiger charge is 2.24. The van der Waals surface area contributed by atoms with Crippen LogP contribution in [0.2, 0.25) is 5.02 Å². The molecule has 2 amide bonds. The molecule has 0 saturated heterocycles. The molecule has 0 bridgehead atoms. The van der Waals surface area contributed by atoms with Crippen molar-refractivity contribution >= 4 is 23.4 Å². The Kier molecular flexibility index (Phi) is 7.70. The van der Waals surface area contributed by atoms with Gasteiger partial charge in [-0.1, -0.05) is 48.9 Å². The first-order chi connectivity index (χ1) is 13.4. The summed E-state index contributed by atoms with van der Waals surface area (Å²) in [6.45, 7) is 4.18. The summed E-state index contributed by atoms with van der Waals surface area (Å²) in [5.74, 6) is -0.359.